The molecule has 1 heterocycles. The average molecular weight is 196 g/mol. The van der Waals surface area contributed by atoms with Gasteiger partial charge in [0.25, 0.3) is 0 Å². The van der Waals surface area contributed by atoms with Crippen LogP contribution >= 0.6 is 0 Å². The topological polar surface area (TPSA) is 35.5 Å². The molecule has 1 spiro atoms. The van der Waals surface area contributed by atoms with Gasteiger partial charge in [-0.15, -0.1) is 0 Å². The highest BCUT2D eigenvalue weighted by atomic mass is 16.5. The number of methoxy groups -OCH3 is 1. The number of ether oxygens (including phenoxy) is 2. The number of carbonyl (C=O) groups excluding carboxylic acids is 1. The normalized spacial score (nSPS) is 37.2. The van der Waals surface area contributed by atoms with Gasteiger partial charge in [-0.1, -0.05) is 0 Å². The second-order valence-corrected chi connectivity index (χ2v) is 4.20. The predicted molar refractivity (Wildman–Crippen MR) is 51.8 cm³/mol. The van der Waals surface area contributed by atoms with Crippen molar-refractivity contribution in [3.05, 3.63) is 12.3 Å². The number of hydrogen-bond acceptors (Lipinski definition) is 3. The van der Waals surface area contributed by atoms with E-state index in [0.717, 1.165) is 25.7 Å². The molecule has 1 saturated carbocycles. The van der Waals surface area contributed by atoms with Gasteiger partial charge in [-0.25, -0.2) is 0 Å². The fraction of sp³-hybridized carbons (Fsp3) is 0.727. The minimum atomic E-state index is -0.259. The van der Waals surface area contributed by atoms with Crippen LogP contribution in [0.4, 0.5) is 0 Å². The van der Waals surface area contributed by atoms with Gasteiger partial charge in [0, 0.05) is 19.6 Å². The Hall–Kier alpha value is -0.830. The lowest BCUT2D eigenvalue weighted by Crippen LogP contribution is -2.42. The van der Waals surface area contributed by atoms with Crippen molar-refractivity contribution in [1.82, 2.24) is 0 Å². The Morgan fingerprint density at radius 2 is 2.50 bits per heavy atom. The molecule has 2 rings (SSSR count). The lowest BCUT2D eigenvalue weighted by atomic mass is 9.79. The van der Waals surface area contributed by atoms with Gasteiger partial charge in [0.1, 0.15) is 5.60 Å². The molecular formula is C11H16O3. The van der Waals surface area contributed by atoms with Gasteiger partial charge in [0.15, 0.2) is 5.78 Å². The molecule has 3 heteroatoms. The molecule has 0 bridgehead atoms. The second-order valence-electron chi connectivity index (χ2n) is 4.20. The van der Waals surface area contributed by atoms with Crippen LogP contribution in [0.2, 0.25) is 0 Å². The Bertz CT molecular complexity index is 259. The molecule has 2 unspecified atom stereocenters. The van der Waals surface area contributed by atoms with Gasteiger partial charge in [-0.05, 0) is 19.3 Å². The molecule has 78 valence electrons. The lowest BCUT2D eigenvalue weighted by Gasteiger charge is -2.40. The van der Waals surface area contributed by atoms with Crippen LogP contribution in [0.5, 0.6) is 0 Å². The number of allylic oxidation sites excluding steroid dienone is 1. The van der Waals surface area contributed by atoms with E-state index >= 15 is 0 Å². The van der Waals surface area contributed by atoms with Crippen molar-refractivity contribution >= 4 is 5.78 Å². The van der Waals surface area contributed by atoms with Crippen LogP contribution in [0, 0.1) is 0 Å². The molecule has 0 radical (unpaired) electrons. The van der Waals surface area contributed by atoms with Crippen LogP contribution in [0.25, 0.3) is 0 Å². The van der Waals surface area contributed by atoms with Crippen molar-refractivity contribution < 1.29 is 14.3 Å². The Morgan fingerprint density at radius 1 is 1.64 bits per heavy atom. The third-order valence-corrected chi connectivity index (χ3v) is 3.16. The maximum Gasteiger partial charge on any atom is 0.162 e. The molecule has 2 atom stereocenters. The minimum Gasteiger partial charge on any atom is -0.494 e. The summed E-state index contributed by atoms with van der Waals surface area (Å²) in [5.41, 5.74) is -0.259. The molecule has 1 aliphatic heterocycles. The molecule has 1 aliphatic carbocycles. The SMILES string of the molecule is COC1CCCC2(CC(=O)C=CO2)C1. The summed E-state index contributed by atoms with van der Waals surface area (Å²) in [6.07, 6.45) is 7.82. The number of rotatable bonds is 1. The van der Waals surface area contributed by atoms with Gasteiger partial charge in [-0.3, -0.25) is 4.79 Å². The highest BCUT2D eigenvalue weighted by molar-refractivity contribution is 5.90. The zero-order valence-electron chi connectivity index (χ0n) is 8.49. The third-order valence-electron chi connectivity index (χ3n) is 3.16. The summed E-state index contributed by atoms with van der Waals surface area (Å²) in [4.78, 5) is 11.3. The van der Waals surface area contributed by atoms with Crippen molar-refractivity contribution in [2.24, 2.45) is 0 Å². The highest BCUT2D eigenvalue weighted by Gasteiger charge is 2.40. The third kappa shape index (κ3) is 1.82. The molecule has 0 amide bonds. The first-order chi connectivity index (χ1) is 6.74. The average Bonchev–Trinajstić information content (AvgIpc) is 2.17. The Kier molecular flexibility index (Phi) is 2.59. The zero-order chi connectivity index (χ0) is 10.0. The van der Waals surface area contributed by atoms with Crippen LogP contribution in [-0.2, 0) is 14.3 Å². The molecular weight excluding hydrogens is 180 g/mol. The van der Waals surface area contributed by atoms with Crippen LogP contribution in [0.1, 0.15) is 32.1 Å². The van der Waals surface area contributed by atoms with E-state index in [-0.39, 0.29) is 17.5 Å². The first-order valence-corrected chi connectivity index (χ1v) is 5.14. The number of hydrogen-bond donors (Lipinski definition) is 0. The van der Waals surface area contributed by atoms with E-state index < -0.39 is 0 Å². The summed E-state index contributed by atoms with van der Waals surface area (Å²) in [5.74, 6) is 0.174. The molecule has 2 aliphatic rings. The summed E-state index contributed by atoms with van der Waals surface area (Å²) in [6.45, 7) is 0. The van der Waals surface area contributed by atoms with Crippen molar-refractivity contribution in [3.8, 4) is 0 Å². The first-order valence-electron chi connectivity index (χ1n) is 5.14. The van der Waals surface area contributed by atoms with E-state index in [1.165, 1.54) is 6.08 Å². The van der Waals surface area contributed by atoms with E-state index in [2.05, 4.69) is 0 Å². The molecule has 14 heavy (non-hydrogen) atoms. The largest absolute Gasteiger partial charge is 0.494 e. The Morgan fingerprint density at radius 3 is 3.21 bits per heavy atom. The summed E-state index contributed by atoms with van der Waals surface area (Å²) in [5, 5.41) is 0. The smallest absolute Gasteiger partial charge is 0.162 e. The van der Waals surface area contributed by atoms with E-state index in [1.54, 1.807) is 13.4 Å². The Balaban J connectivity index is 2.07. The van der Waals surface area contributed by atoms with Gasteiger partial charge in [0.05, 0.1) is 18.8 Å². The van der Waals surface area contributed by atoms with E-state index in [4.69, 9.17) is 9.47 Å². The fourth-order valence-electron chi connectivity index (χ4n) is 2.41. The minimum absolute atomic E-state index is 0.174. The molecule has 0 aromatic heterocycles. The van der Waals surface area contributed by atoms with Crippen LogP contribution in [0.3, 0.4) is 0 Å². The maximum atomic E-state index is 11.3. The van der Waals surface area contributed by atoms with E-state index in [1.807, 2.05) is 0 Å². The Labute approximate surface area is 84.1 Å². The second kappa shape index (κ2) is 3.73. The summed E-state index contributed by atoms with van der Waals surface area (Å²) < 4.78 is 11.0. The van der Waals surface area contributed by atoms with Crippen LogP contribution < -0.4 is 0 Å². The van der Waals surface area contributed by atoms with E-state index in [0.29, 0.717) is 6.42 Å². The standard InChI is InChI=1S/C11H16O3/c1-13-10-3-2-5-11(8-10)7-9(12)4-6-14-11/h4,6,10H,2-3,5,7-8H2,1H3. The molecule has 3 nitrogen and oxygen atoms in total. The first kappa shape index (κ1) is 9.71. The lowest BCUT2D eigenvalue weighted by molar-refractivity contribution is -0.128. The van der Waals surface area contributed by atoms with Gasteiger partial charge in [-0.2, -0.15) is 0 Å². The molecule has 0 aromatic rings. The molecule has 0 saturated heterocycles. The predicted octanol–water partition coefficient (Wildman–Crippen LogP) is 1.82. The maximum absolute atomic E-state index is 11.3. The van der Waals surface area contributed by atoms with Gasteiger partial charge in [0.2, 0.25) is 0 Å². The fourth-order valence-corrected chi connectivity index (χ4v) is 2.41. The number of carbonyl (C=O) groups is 1. The molecule has 0 aromatic carbocycles. The quantitative estimate of drug-likeness (QED) is 0.641. The summed E-state index contributed by atoms with van der Waals surface area (Å²) >= 11 is 0. The van der Waals surface area contributed by atoms with Crippen LogP contribution in [0.15, 0.2) is 12.3 Å². The van der Waals surface area contributed by atoms with Gasteiger partial charge < -0.3 is 9.47 Å². The number of ketones is 1. The zero-order valence-corrected chi connectivity index (χ0v) is 8.49. The monoisotopic (exact) mass is 196 g/mol. The van der Waals surface area contributed by atoms with Crippen molar-refractivity contribution in [1.29, 1.82) is 0 Å². The van der Waals surface area contributed by atoms with Crippen molar-refractivity contribution in [3.63, 3.8) is 0 Å². The van der Waals surface area contributed by atoms with E-state index in [9.17, 15) is 4.79 Å². The van der Waals surface area contributed by atoms with Crippen molar-refractivity contribution in [2.45, 2.75) is 43.8 Å². The summed E-state index contributed by atoms with van der Waals surface area (Å²) in [7, 11) is 1.73. The molecule has 0 N–H and O–H groups in total. The van der Waals surface area contributed by atoms with Crippen LogP contribution in [-0.4, -0.2) is 24.6 Å². The highest BCUT2D eigenvalue weighted by Crippen LogP contribution is 2.37. The van der Waals surface area contributed by atoms with Crippen molar-refractivity contribution in [2.75, 3.05) is 7.11 Å². The molecule has 1 fully saturated rings. The summed E-state index contributed by atoms with van der Waals surface area (Å²) in [6, 6.07) is 0. The van der Waals surface area contributed by atoms with Gasteiger partial charge >= 0.3 is 0 Å².